The SMILES string of the molecule is O=C(c1c(-c2cncnc2)cc(=O)n2c1CCCC2)N1CCCC1. The van der Waals surface area contributed by atoms with Gasteiger partial charge in [-0.15, -0.1) is 0 Å². The first-order valence-corrected chi connectivity index (χ1v) is 8.57. The maximum Gasteiger partial charge on any atom is 0.256 e. The molecule has 1 saturated heterocycles. The molecular weight excluding hydrogens is 304 g/mol. The molecule has 0 radical (unpaired) electrons. The molecule has 6 heteroatoms. The van der Waals surface area contributed by atoms with Crippen LogP contribution >= 0.6 is 0 Å². The van der Waals surface area contributed by atoms with Crippen molar-refractivity contribution in [1.29, 1.82) is 0 Å². The van der Waals surface area contributed by atoms with Gasteiger partial charge in [-0.25, -0.2) is 9.97 Å². The number of hydrogen-bond acceptors (Lipinski definition) is 4. The van der Waals surface area contributed by atoms with Crippen molar-refractivity contribution in [2.75, 3.05) is 13.1 Å². The van der Waals surface area contributed by atoms with Crippen LogP contribution in [-0.2, 0) is 13.0 Å². The van der Waals surface area contributed by atoms with Crippen molar-refractivity contribution in [3.05, 3.63) is 46.4 Å². The van der Waals surface area contributed by atoms with Crippen LogP contribution in [0.25, 0.3) is 11.1 Å². The number of hydrogen-bond donors (Lipinski definition) is 0. The fourth-order valence-electron chi connectivity index (χ4n) is 3.75. The third kappa shape index (κ3) is 2.52. The molecule has 0 atom stereocenters. The summed E-state index contributed by atoms with van der Waals surface area (Å²) < 4.78 is 1.78. The predicted octanol–water partition coefficient (Wildman–Crippen LogP) is 1.88. The van der Waals surface area contributed by atoms with Crippen molar-refractivity contribution in [3.63, 3.8) is 0 Å². The fourth-order valence-corrected chi connectivity index (χ4v) is 3.75. The van der Waals surface area contributed by atoms with Crippen LogP contribution in [0.5, 0.6) is 0 Å². The molecule has 24 heavy (non-hydrogen) atoms. The molecule has 1 fully saturated rings. The minimum atomic E-state index is -0.0403. The zero-order chi connectivity index (χ0) is 16.5. The maximum atomic E-state index is 13.2. The average Bonchev–Trinajstić information content (AvgIpc) is 3.17. The van der Waals surface area contributed by atoms with E-state index in [2.05, 4.69) is 9.97 Å². The summed E-state index contributed by atoms with van der Waals surface area (Å²) in [5.74, 6) is 0.0389. The molecule has 0 aliphatic carbocycles. The van der Waals surface area contributed by atoms with Crippen molar-refractivity contribution in [2.45, 2.75) is 38.6 Å². The zero-order valence-electron chi connectivity index (χ0n) is 13.6. The Balaban J connectivity index is 1.93. The third-order valence-corrected chi connectivity index (χ3v) is 4.94. The molecular formula is C18H20N4O2. The largest absolute Gasteiger partial charge is 0.339 e. The molecule has 2 aromatic rings. The summed E-state index contributed by atoms with van der Waals surface area (Å²) in [6, 6.07) is 1.58. The Kier molecular flexibility index (Phi) is 3.88. The van der Waals surface area contributed by atoms with E-state index in [1.165, 1.54) is 6.33 Å². The fraction of sp³-hybridized carbons (Fsp3) is 0.444. The molecule has 2 aliphatic rings. The van der Waals surface area contributed by atoms with E-state index in [0.717, 1.165) is 56.5 Å². The van der Waals surface area contributed by atoms with Gasteiger partial charge in [0.1, 0.15) is 6.33 Å². The van der Waals surface area contributed by atoms with Gasteiger partial charge in [0.05, 0.1) is 5.56 Å². The van der Waals surface area contributed by atoms with E-state index in [9.17, 15) is 9.59 Å². The topological polar surface area (TPSA) is 68.1 Å². The van der Waals surface area contributed by atoms with Crippen LogP contribution in [0.4, 0.5) is 0 Å². The van der Waals surface area contributed by atoms with Crippen LogP contribution in [0.3, 0.4) is 0 Å². The molecule has 6 nitrogen and oxygen atoms in total. The second-order valence-corrected chi connectivity index (χ2v) is 6.45. The smallest absolute Gasteiger partial charge is 0.256 e. The quantitative estimate of drug-likeness (QED) is 0.846. The Morgan fingerprint density at radius 1 is 1.00 bits per heavy atom. The van der Waals surface area contributed by atoms with E-state index in [0.29, 0.717) is 17.7 Å². The first kappa shape index (κ1) is 15.1. The molecule has 0 bridgehead atoms. The lowest BCUT2D eigenvalue weighted by atomic mass is 9.95. The number of pyridine rings is 1. The summed E-state index contributed by atoms with van der Waals surface area (Å²) >= 11 is 0. The minimum Gasteiger partial charge on any atom is -0.339 e. The van der Waals surface area contributed by atoms with Gasteiger partial charge in [-0.05, 0) is 32.1 Å². The van der Waals surface area contributed by atoms with Crippen LogP contribution in [0.1, 0.15) is 41.7 Å². The van der Waals surface area contributed by atoms with Crippen molar-refractivity contribution in [3.8, 4) is 11.1 Å². The molecule has 0 saturated carbocycles. The summed E-state index contributed by atoms with van der Waals surface area (Å²) in [6.45, 7) is 2.28. The highest BCUT2D eigenvalue weighted by Crippen LogP contribution is 2.29. The summed E-state index contributed by atoms with van der Waals surface area (Å²) in [4.78, 5) is 35.8. The van der Waals surface area contributed by atoms with E-state index >= 15 is 0 Å². The van der Waals surface area contributed by atoms with Crippen molar-refractivity contribution >= 4 is 5.91 Å². The highest BCUT2D eigenvalue weighted by Gasteiger charge is 2.28. The number of rotatable bonds is 2. The number of carbonyl (C=O) groups is 1. The normalized spacial score (nSPS) is 16.9. The molecule has 124 valence electrons. The minimum absolute atomic E-state index is 0.0389. The van der Waals surface area contributed by atoms with Crippen LogP contribution in [0.15, 0.2) is 29.6 Å². The first-order valence-electron chi connectivity index (χ1n) is 8.57. The van der Waals surface area contributed by atoms with Gasteiger partial charge in [-0.1, -0.05) is 0 Å². The molecule has 0 unspecified atom stereocenters. The lowest BCUT2D eigenvalue weighted by Crippen LogP contribution is -2.34. The van der Waals surface area contributed by atoms with E-state index in [-0.39, 0.29) is 11.5 Å². The van der Waals surface area contributed by atoms with Gasteiger partial charge < -0.3 is 9.47 Å². The van der Waals surface area contributed by atoms with Gasteiger partial charge in [0.2, 0.25) is 0 Å². The van der Waals surface area contributed by atoms with Gasteiger partial charge >= 0.3 is 0 Å². The van der Waals surface area contributed by atoms with E-state index in [1.807, 2.05) is 4.90 Å². The number of nitrogens with zero attached hydrogens (tertiary/aromatic N) is 4. The Labute approximate surface area is 140 Å². The molecule has 4 rings (SSSR count). The van der Waals surface area contributed by atoms with Gasteiger partial charge in [-0.3, -0.25) is 9.59 Å². The maximum absolute atomic E-state index is 13.2. The van der Waals surface area contributed by atoms with Gasteiger partial charge in [-0.2, -0.15) is 0 Å². The van der Waals surface area contributed by atoms with Crippen molar-refractivity contribution < 1.29 is 4.79 Å². The van der Waals surface area contributed by atoms with Crippen LogP contribution in [-0.4, -0.2) is 38.4 Å². The van der Waals surface area contributed by atoms with Crippen molar-refractivity contribution in [2.24, 2.45) is 0 Å². The number of fused-ring (bicyclic) bond motifs is 1. The Hall–Kier alpha value is -2.50. The third-order valence-electron chi connectivity index (χ3n) is 4.94. The predicted molar refractivity (Wildman–Crippen MR) is 89.8 cm³/mol. The summed E-state index contributed by atoms with van der Waals surface area (Å²) in [7, 11) is 0. The molecule has 1 amide bonds. The zero-order valence-corrected chi connectivity index (χ0v) is 13.6. The highest BCUT2D eigenvalue weighted by molar-refractivity contribution is 6.02. The molecule has 2 aliphatic heterocycles. The van der Waals surface area contributed by atoms with Crippen LogP contribution in [0.2, 0.25) is 0 Å². The lowest BCUT2D eigenvalue weighted by molar-refractivity contribution is 0.0790. The van der Waals surface area contributed by atoms with Crippen molar-refractivity contribution in [1.82, 2.24) is 19.4 Å². The number of likely N-dealkylation sites (tertiary alicyclic amines) is 1. The van der Waals surface area contributed by atoms with E-state index in [4.69, 9.17) is 0 Å². The summed E-state index contributed by atoms with van der Waals surface area (Å²) in [6.07, 6.45) is 9.65. The Morgan fingerprint density at radius 2 is 1.71 bits per heavy atom. The monoisotopic (exact) mass is 324 g/mol. The van der Waals surface area contributed by atoms with Crippen LogP contribution < -0.4 is 5.56 Å². The van der Waals surface area contributed by atoms with Crippen LogP contribution in [0, 0.1) is 0 Å². The number of carbonyl (C=O) groups excluding carboxylic acids is 1. The Morgan fingerprint density at radius 3 is 2.46 bits per heavy atom. The van der Waals surface area contributed by atoms with Gasteiger partial charge in [0.15, 0.2) is 0 Å². The Bertz CT molecular complexity index is 823. The molecule has 0 N–H and O–H groups in total. The number of aromatic nitrogens is 3. The molecule has 0 aromatic carbocycles. The average molecular weight is 324 g/mol. The standard InChI is InChI=1S/C18H20N4O2/c23-16-9-14(13-10-19-12-20-11-13)17(15-5-1-2-8-22(15)16)18(24)21-6-3-4-7-21/h9-12H,1-8H2. The first-order chi connectivity index (χ1) is 11.8. The summed E-state index contributed by atoms with van der Waals surface area (Å²) in [5, 5.41) is 0. The summed E-state index contributed by atoms with van der Waals surface area (Å²) in [5.41, 5.74) is 2.91. The molecule has 4 heterocycles. The molecule has 0 spiro atoms. The van der Waals surface area contributed by atoms with Gasteiger partial charge in [0, 0.05) is 54.9 Å². The van der Waals surface area contributed by atoms with E-state index in [1.54, 1.807) is 23.0 Å². The lowest BCUT2D eigenvalue weighted by Gasteiger charge is -2.25. The second kappa shape index (κ2) is 6.19. The number of amides is 1. The van der Waals surface area contributed by atoms with E-state index < -0.39 is 0 Å². The van der Waals surface area contributed by atoms with Gasteiger partial charge in [0.25, 0.3) is 11.5 Å². The highest BCUT2D eigenvalue weighted by atomic mass is 16.2. The second-order valence-electron chi connectivity index (χ2n) is 6.45. The molecule has 2 aromatic heterocycles.